The van der Waals surface area contributed by atoms with E-state index >= 15 is 0 Å². The largest absolute Gasteiger partial charge is 0.477 e. The van der Waals surface area contributed by atoms with E-state index in [1.165, 1.54) is 29.8 Å². The van der Waals surface area contributed by atoms with E-state index in [1.54, 1.807) is 28.7 Å². The summed E-state index contributed by atoms with van der Waals surface area (Å²) in [6.07, 6.45) is 11.8. The number of carboxylic acids is 1. The predicted octanol–water partition coefficient (Wildman–Crippen LogP) is 18.9. The Morgan fingerprint density at radius 3 is 1.56 bits per heavy atom. The summed E-state index contributed by atoms with van der Waals surface area (Å²) < 4.78 is 29.7. The highest BCUT2D eigenvalue weighted by molar-refractivity contribution is 7.24. The number of nitriles is 1. The Bertz CT molecular complexity index is 3230. The van der Waals surface area contributed by atoms with Crippen molar-refractivity contribution in [2.75, 3.05) is 9.80 Å². The van der Waals surface area contributed by atoms with Crippen molar-refractivity contribution >= 4 is 90.4 Å². The molecule has 0 atom stereocenters. The summed E-state index contributed by atoms with van der Waals surface area (Å²) in [6.45, 7) is 4.40. The Kier molecular flexibility index (Phi) is 15.5. The number of nitrogens with zero attached hydrogens (tertiary/aromatic N) is 3. The summed E-state index contributed by atoms with van der Waals surface area (Å²) in [5.74, 6) is -1.90. The van der Waals surface area contributed by atoms with E-state index in [9.17, 15) is 23.9 Å². The van der Waals surface area contributed by atoms with Gasteiger partial charge in [0.15, 0.2) is 0 Å². The van der Waals surface area contributed by atoms with E-state index in [2.05, 4.69) is 115 Å². The molecule has 0 aliphatic heterocycles. The molecule has 0 bridgehead atoms. The lowest BCUT2D eigenvalue weighted by molar-refractivity contribution is -0.132. The standard InChI is InChI=1S/C62H55F2N3O2S2/c1-3-5-7-9-19-44-37-60(70-58(44)39-47(41-65)62(68)69)61-45(20-10-8-6-4-2)38-59(71-61)46-35-52(66(50-31-27-48(63)28-32-50)56-25-15-21-42-17-11-13-23-54(42)56)40-53(36-46)67(51-33-29-49(64)30-34-51)57-26-16-22-43-18-12-14-24-55(43)57/h11-18,21-40H,3-10,19-20H2,1-2H3,(H,68,69)/b47-39-. The third kappa shape index (κ3) is 11.0. The molecular weight excluding hydrogens is 921 g/mol. The summed E-state index contributed by atoms with van der Waals surface area (Å²) in [4.78, 5) is 20.6. The number of fused-ring (bicyclic) bond motifs is 2. The van der Waals surface area contributed by atoms with Gasteiger partial charge in [-0.25, -0.2) is 13.6 Å². The zero-order valence-corrected chi connectivity index (χ0v) is 41.6. The fourth-order valence-corrected chi connectivity index (χ4v) is 11.9. The maximum atomic E-state index is 14.8. The van der Waals surface area contributed by atoms with Crippen LogP contribution in [0.3, 0.4) is 0 Å². The second-order valence-corrected chi connectivity index (χ2v) is 20.1. The molecule has 0 radical (unpaired) electrons. The number of anilines is 6. The van der Waals surface area contributed by atoms with Crippen molar-refractivity contribution in [1.82, 2.24) is 0 Å². The van der Waals surface area contributed by atoms with E-state index in [1.807, 2.05) is 54.6 Å². The SMILES string of the molecule is CCCCCCc1cc(-c2sc(-c3cc(N(c4ccc(F)cc4)c4cccc5ccccc45)cc(N(c4ccc(F)cc4)c4cccc5ccccc45)c3)cc2CCCCCC)sc1/C=C(/C#N)C(=O)O. The molecule has 9 rings (SSSR count). The first-order valence-electron chi connectivity index (χ1n) is 24.6. The van der Waals surface area contributed by atoms with Gasteiger partial charge in [-0.3, -0.25) is 0 Å². The fourth-order valence-electron chi connectivity index (χ4n) is 9.43. The van der Waals surface area contributed by atoms with Crippen LogP contribution in [0.25, 0.3) is 47.8 Å². The van der Waals surface area contributed by atoms with Gasteiger partial charge >= 0.3 is 5.97 Å². The first-order valence-corrected chi connectivity index (χ1v) is 26.2. The molecule has 7 aromatic carbocycles. The van der Waals surface area contributed by atoms with Gasteiger partial charge in [-0.15, -0.1) is 22.7 Å². The van der Waals surface area contributed by atoms with E-state index in [0.29, 0.717) is 0 Å². The Balaban J connectivity index is 1.31. The Labute approximate surface area is 423 Å². The summed E-state index contributed by atoms with van der Waals surface area (Å²) >= 11 is 3.28. The molecule has 9 aromatic rings. The normalized spacial score (nSPS) is 11.6. The van der Waals surface area contributed by atoms with Gasteiger partial charge in [0.05, 0.1) is 11.4 Å². The zero-order chi connectivity index (χ0) is 49.3. The molecule has 0 unspecified atom stereocenters. The van der Waals surface area contributed by atoms with E-state index < -0.39 is 5.97 Å². The number of carboxylic acid groups (broad SMARTS) is 1. The summed E-state index contributed by atoms with van der Waals surface area (Å²) in [7, 11) is 0. The minimum Gasteiger partial charge on any atom is -0.477 e. The molecular formula is C62H55F2N3O2S2. The van der Waals surface area contributed by atoms with Gasteiger partial charge < -0.3 is 14.9 Å². The molecule has 71 heavy (non-hydrogen) atoms. The van der Waals surface area contributed by atoms with Crippen LogP contribution in [0.15, 0.2) is 169 Å². The van der Waals surface area contributed by atoms with Crippen LogP contribution in [0.4, 0.5) is 42.9 Å². The second kappa shape index (κ2) is 22.6. The van der Waals surface area contributed by atoms with Gasteiger partial charge in [-0.05, 0) is 150 Å². The van der Waals surface area contributed by atoms with Crippen LogP contribution in [0.1, 0.15) is 81.2 Å². The number of rotatable bonds is 20. The molecule has 2 heterocycles. The zero-order valence-electron chi connectivity index (χ0n) is 40.0. The molecule has 9 heteroatoms. The van der Waals surface area contributed by atoms with E-state index in [-0.39, 0.29) is 17.2 Å². The molecule has 356 valence electrons. The Morgan fingerprint density at radius 2 is 1.06 bits per heavy atom. The molecule has 2 aromatic heterocycles. The molecule has 5 nitrogen and oxygen atoms in total. The fraction of sp³-hybridized carbons (Fsp3) is 0.194. The highest BCUT2D eigenvalue weighted by Crippen LogP contribution is 2.49. The monoisotopic (exact) mass is 975 g/mol. The third-order valence-electron chi connectivity index (χ3n) is 13.0. The van der Waals surface area contributed by atoms with Crippen molar-refractivity contribution < 1.29 is 18.7 Å². The van der Waals surface area contributed by atoms with Crippen molar-refractivity contribution in [3.05, 3.63) is 197 Å². The van der Waals surface area contributed by atoms with Crippen molar-refractivity contribution in [3.63, 3.8) is 0 Å². The van der Waals surface area contributed by atoms with Crippen molar-refractivity contribution in [2.24, 2.45) is 0 Å². The second-order valence-electron chi connectivity index (χ2n) is 17.9. The van der Waals surface area contributed by atoms with Gasteiger partial charge in [-0.1, -0.05) is 125 Å². The number of aryl methyl sites for hydroxylation is 2. The average molecular weight is 976 g/mol. The van der Waals surface area contributed by atoms with Gasteiger partial charge in [-0.2, -0.15) is 5.26 Å². The Morgan fingerprint density at radius 1 is 0.563 bits per heavy atom. The lowest BCUT2D eigenvalue weighted by Crippen LogP contribution is -2.14. The predicted molar refractivity (Wildman–Crippen MR) is 294 cm³/mol. The van der Waals surface area contributed by atoms with Crippen LogP contribution in [0, 0.1) is 23.0 Å². The third-order valence-corrected chi connectivity index (χ3v) is 15.5. The smallest absolute Gasteiger partial charge is 0.346 e. The molecule has 0 amide bonds. The summed E-state index contributed by atoms with van der Waals surface area (Å²) in [6, 6.07) is 55.3. The number of benzene rings is 7. The van der Waals surface area contributed by atoms with Crippen LogP contribution in [-0.2, 0) is 17.6 Å². The number of hydrogen-bond acceptors (Lipinski definition) is 6. The van der Waals surface area contributed by atoms with E-state index in [4.69, 9.17) is 0 Å². The van der Waals surface area contributed by atoms with Gasteiger partial charge in [0.2, 0.25) is 0 Å². The summed E-state index contributed by atoms with van der Waals surface area (Å²) in [5.41, 5.74) is 8.01. The van der Waals surface area contributed by atoms with Gasteiger partial charge in [0, 0.05) is 53.0 Å². The van der Waals surface area contributed by atoms with Crippen LogP contribution in [0.2, 0.25) is 0 Å². The number of carbonyl (C=O) groups is 1. The number of aliphatic carboxylic acids is 1. The van der Waals surface area contributed by atoms with E-state index in [0.717, 1.165) is 151 Å². The maximum Gasteiger partial charge on any atom is 0.346 e. The van der Waals surface area contributed by atoms with Crippen LogP contribution in [-0.4, -0.2) is 11.1 Å². The quantitative estimate of drug-likeness (QED) is 0.0468. The van der Waals surface area contributed by atoms with Crippen molar-refractivity contribution in [1.29, 1.82) is 5.26 Å². The number of hydrogen-bond donors (Lipinski definition) is 1. The van der Waals surface area contributed by atoms with Gasteiger partial charge in [0.25, 0.3) is 0 Å². The first kappa shape index (κ1) is 48.6. The first-order chi connectivity index (χ1) is 34.7. The number of thiophene rings is 2. The van der Waals surface area contributed by atoms with Gasteiger partial charge in [0.1, 0.15) is 23.3 Å². The molecule has 0 spiro atoms. The van der Waals surface area contributed by atoms with Crippen LogP contribution >= 0.6 is 22.7 Å². The minimum atomic E-state index is -1.23. The molecule has 1 N–H and O–H groups in total. The lowest BCUT2D eigenvalue weighted by atomic mass is 10.0. The number of halogens is 2. The highest BCUT2D eigenvalue weighted by atomic mass is 32.1. The summed E-state index contributed by atoms with van der Waals surface area (Å²) in [5, 5.41) is 23.9. The van der Waals surface area contributed by atoms with Crippen molar-refractivity contribution in [3.8, 4) is 26.3 Å². The molecule has 0 aliphatic rings. The highest BCUT2D eigenvalue weighted by Gasteiger charge is 2.24. The molecule has 0 fully saturated rings. The average Bonchev–Trinajstić information content (AvgIpc) is 4.01. The molecule has 0 saturated heterocycles. The maximum absolute atomic E-state index is 14.8. The van der Waals surface area contributed by atoms with Crippen LogP contribution < -0.4 is 9.80 Å². The Hall–Kier alpha value is -7.38. The molecule has 0 aliphatic carbocycles. The number of unbranched alkanes of at least 4 members (excludes halogenated alkanes) is 6. The van der Waals surface area contributed by atoms with Crippen molar-refractivity contribution in [2.45, 2.75) is 78.1 Å². The van der Waals surface area contributed by atoms with Crippen LogP contribution in [0.5, 0.6) is 0 Å². The topological polar surface area (TPSA) is 67.6 Å². The lowest BCUT2D eigenvalue weighted by Gasteiger charge is -2.31. The minimum absolute atomic E-state index is 0.280. The molecule has 0 saturated carbocycles.